The van der Waals surface area contributed by atoms with Gasteiger partial charge >= 0.3 is 11.9 Å². The lowest BCUT2D eigenvalue weighted by atomic mass is 10.0. The molecule has 0 bridgehead atoms. The van der Waals surface area contributed by atoms with Crippen molar-refractivity contribution in [1.29, 1.82) is 0 Å². The van der Waals surface area contributed by atoms with Crippen LogP contribution in [-0.4, -0.2) is 17.0 Å². The molecular weight excluding hydrogens is 196 g/mol. The second-order valence-electron chi connectivity index (χ2n) is 3.58. The summed E-state index contributed by atoms with van der Waals surface area (Å²) in [5.41, 5.74) is 2.12. The molecule has 0 saturated heterocycles. The summed E-state index contributed by atoms with van der Waals surface area (Å²) in [5.74, 6) is -1.40. The molecule has 0 aliphatic carbocycles. The van der Waals surface area contributed by atoms with Gasteiger partial charge in [-0.3, -0.25) is 4.79 Å². The Morgan fingerprint density at radius 1 is 1.53 bits per heavy atom. The fourth-order valence-electron chi connectivity index (χ4n) is 1.69. The lowest BCUT2D eigenvalue weighted by Crippen LogP contribution is -2.05. The number of aryl methyl sites for hydroxylation is 1. The number of rotatable bonds is 2. The quantitative estimate of drug-likeness (QED) is 0.748. The first-order chi connectivity index (χ1) is 7.08. The maximum Gasteiger partial charge on any atom is 0.339 e. The molecule has 15 heavy (non-hydrogen) atoms. The Morgan fingerprint density at radius 2 is 2.27 bits per heavy atom. The molecule has 0 saturated carbocycles. The fourth-order valence-corrected chi connectivity index (χ4v) is 1.69. The second-order valence-corrected chi connectivity index (χ2v) is 3.58. The smallest absolute Gasteiger partial charge is 0.339 e. The second kappa shape index (κ2) is 3.38. The monoisotopic (exact) mass is 206 g/mol. The van der Waals surface area contributed by atoms with Crippen molar-refractivity contribution in [1.82, 2.24) is 0 Å². The Morgan fingerprint density at radius 3 is 2.93 bits per heavy atom. The van der Waals surface area contributed by atoms with Gasteiger partial charge in [0, 0.05) is 5.56 Å². The number of fused-ring (bicyclic) bond motifs is 1. The van der Waals surface area contributed by atoms with Gasteiger partial charge < -0.3 is 9.84 Å². The lowest BCUT2D eigenvalue weighted by Gasteiger charge is -2.06. The zero-order chi connectivity index (χ0) is 11.0. The van der Waals surface area contributed by atoms with Crippen molar-refractivity contribution in [2.24, 2.45) is 0 Å². The summed E-state index contributed by atoms with van der Waals surface area (Å²) < 4.78 is 4.98. The number of carboxylic acid groups (broad SMARTS) is 1. The van der Waals surface area contributed by atoms with E-state index >= 15 is 0 Å². The van der Waals surface area contributed by atoms with Crippen LogP contribution in [0.4, 0.5) is 0 Å². The summed E-state index contributed by atoms with van der Waals surface area (Å²) in [6, 6.07) is 5.32. The van der Waals surface area contributed by atoms with Crippen LogP contribution >= 0.6 is 0 Å². The molecule has 1 aliphatic heterocycles. The number of hydrogen-bond donors (Lipinski definition) is 1. The summed E-state index contributed by atoms with van der Waals surface area (Å²) in [6.07, 6.45) is -0.812. The van der Waals surface area contributed by atoms with Gasteiger partial charge in [0.25, 0.3) is 0 Å². The van der Waals surface area contributed by atoms with E-state index in [1.54, 1.807) is 12.1 Å². The number of ether oxygens (including phenoxy) is 1. The van der Waals surface area contributed by atoms with Gasteiger partial charge in [-0.1, -0.05) is 17.7 Å². The molecule has 1 heterocycles. The summed E-state index contributed by atoms with van der Waals surface area (Å²) >= 11 is 0. The molecule has 1 N–H and O–H groups in total. The molecule has 78 valence electrons. The average Bonchev–Trinajstić information content (AvgIpc) is 2.42. The maximum absolute atomic E-state index is 11.4. The third-order valence-electron chi connectivity index (χ3n) is 2.38. The van der Waals surface area contributed by atoms with Crippen LogP contribution in [0.1, 0.15) is 34.0 Å². The normalized spacial score (nSPS) is 18.5. The van der Waals surface area contributed by atoms with Gasteiger partial charge in [0.15, 0.2) is 0 Å². The molecule has 0 spiro atoms. The van der Waals surface area contributed by atoms with Gasteiger partial charge in [0.2, 0.25) is 0 Å². The first kappa shape index (κ1) is 9.71. The number of hydrogen-bond acceptors (Lipinski definition) is 3. The van der Waals surface area contributed by atoms with Crippen molar-refractivity contribution in [3.63, 3.8) is 0 Å². The van der Waals surface area contributed by atoms with Gasteiger partial charge in [0.05, 0.1) is 12.0 Å². The standard InChI is InChI=1S/C11H10O4/c1-6-2-3-7-8(4-6)11(14)15-9(7)5-10(12)13/h2-4,9H,5H2,1H3,(H,12,13). The minimum absolute atomic E-state index is 0.179. The molecule has 0 aromatic heterocycles. The first-order valence-electron chi connectivity index (χ1n) is 4.61. The number of benzene rings is 1. The molecule has 2 rings (SSSR count). The molecule has 0 fully saturated rings. The summed E-state index contributed by atoms with van der Waals surface area (Å²) in [7, 11) is 0. The Hall–Kier alpha value is -1.84. The number of carbonyl (C=O) groups excluding carboxylic acids is 1. The molecule has 0 amide bonds. The van der Waals surface area contributed by atoms with Crippen LogP contribution in [0.5, 0.6) is 0 Å². The van der Waals surface area contributed by atoms with Crippen LogP contribution in [0.15, 0.2) is 18.2 Å². The summed E-state index contributed by atoms with van der Waals surface area (Å²) in [5, 5.41) is 8.65. The van der Waals surface area contributed by atoms with Gasteiger partial charge in [-0.05, 0) is 13.0 Å². The van der Waals surface area contributed by atoms with Crippen LogP contribution in [0.25, 0.3) is 0 Å². The van der Waals surface area contributed by atoms with Crippen molar-refractivity contribution < 1.29 is 19.4 Å². The molecule has 1 aliphatic rings. The van der Waals surface area contributed by atoms with Crippen LogP contribution in [-0.2, 0) is 9.53 Å². The number of carboxylic acids is 1. The summed E-state index contributed by atoms with van der Waals surface area (Å²) in [6.45, 7) is 1.87. The molecule has 1 unspecified atom stereocenters. The third kappa shape index (κ3) is 1.70. The van der Waals surface area contributed by atoms with Crippen molar-refractivity contribution in [3.8, 4) is 0 Å². The molecule has 1 atom stereocenters. The predicted octanol–water partition coefficient (Wildman–Crippen LogP) is 1.68. The Kier molecular flexibility index (Phi) is 2.19. The van der Waals surface area contributed by atoms with Crippen LogP contribution in [0.3, 0.4) is 0 Å². The molecule has 1 aromatic carbocycles. The Balaban J connectivity index is 2.38. The van der Waals surface area contributed by atoms with E-state index < -0.39 is 18.0 Å². The van der Waals surface area contributed by atoms with Crippen molar-refractivity contribution in [3.05, 3.63) is 34.9 Å². The van der Waals surface area contributed by atoms with Gasteiger partial charge in [-0.15, -0.1) is 0 Å². The van der Waals surface area contributed by atoms with E-state index in [-0.39, 0.29) is 6.42 Å². The number of aliphatic carboxylic acids is 1. The Bertz CT molecular complexity index is 436. The minimum Gasteiger partial charge on any atom is -0.481 e. The van der Waals surface area contributed by atoms with Gasteiger partial charge in [-0.2, -0.15) is 0 Å². The minimum atomic E-state index is -0.971. The summed E-state index contributed by atoms with van der Waals surface area (Å²) in [4.78, 5) is 21.9. The SMILES string of the molecule is Cc1ccc2c(c1)C(=O)OC2CC(=O)O. The zero-order valence-corrected chi connectivity index (χ0v) is 8.19. The van der Waals surface area contributed by atoms with Crippen LogP contribution in [0.2, 0.25) is 0 Å². The van der Waals surface area contributed by atoms with Gasteiger partial charge in [-0.25, -0.2) is 4.79 Å². The topological polar surface area (TPSA) is 63.6 Å². The number of cyclic esters (lactones) is 1. The predicted molar refractivity (Wildman–Crippen MR) is 51.6 cm³/mol. The Labute approximate surface area is 86.5 Å². The highest BCUT2D eigenvalue weighted by atomic mass is 16.5. The fraction of sp³-hybridized carbons (Fsp3) is 0.273. The molecular formula is C11H10O4. The molecule has 4 nitrogen and oxygen atoms in total. The van der Waals surface area contributed by atoms with E-state index in [0.717, 1.165) is 5.56 Å². The molecule has 4 heteroatoms. The van der Waals surface area contributed by atoms with E-state index in [1.807, 2.05) is 13.0 Å². The van der Waals surface area contributed by atoms with Crippen molar-refractivity contribution >= 4 is 11.9 Å². The molecule has 1 aromatic rings. The van der Waals surface area contributed by atoms with Gasteiger partial charge in [0.1, 0.15) is 6.10 Å². The van der Waals surface area contributed by atoms with E-state index in [0.29, 0.717) is 11.1 Å². The van der Waals surface area contributed by atoms with E-state index in [1.165, 1.54) is 0 Å². The number of carbonyl (C=O) groups is 2. The average molecular weight is 206 g/mol. The maximum atomic E-state index is 11.4. The third-order valence-corrected chi connectivity index (χ3v) is 2.38. The zero-order valence-electron chi connectivity index (χ0n) is 8.19. The van der Waals surface area contributed by atoms with E-state index in [9.17, 15) is 9.59 Å². The van der Waals surface area contributed by atoms with E-state index in [4.69, 9.17) is 9.84 Å². The largest absolute Gasteiger partial charge is 0.481 e. The van der Waals surface area contributed by atoms with E-state index in [2.05, 4.69) is 0 Å². The van der Waals surface area contributed by atoms with Crippen LogP contribution < -0.4 is 0 Å². The highest BCUT2D eigenvalue weighted by molar-refractivity contribution is 5.94. The van der Waals surface area contributed by atoms with Crippen molar-refractivity contribution in [2.45, 2.75) is 19.4 Å². The highest BCUT2D eigenvalue weighted by Crippen LogP contribution is 2.33. The lowest BCUT2D eigenvalue weighted by molar-refractivity contribution is -0.139. The highest BCUT2D eigenvalue weighted by Gasteiger charge is 2.32. The molecule has 0 radical (unpaired) electrons. The van der Waals surface area contributed by atoms with Crippen molar-refractivity contribution in [2.75, 3.05) is 0 Å². The number of esters is 1. The first-order valence-corrected chi connectivity index (χ1v) is 4.61. The van der Waals surface area contributed by atoms with Crippen LogP contribution in [0, 0.1) is 6.92 Å².